The smallest absolute Gasteiger partial charge is 0.231 e. The van der Waals surface area contributed by atoms with Crippen LogP contribution in [0.15, 0.2) is 23.2 Å². The molecule has 2 N–H and O–H groups in total. The minimum atomic E-state index is 0.214. The maximum Gasteiger partial charge on any atom is 0.231 e. The molecule has 2 aliphatic rings. The minimum absolute atomic E-state index is 0.214. The molecule has 7 heteroatoms. The van der Waals surface area contributed by atoms with Crippen LogP contribution in [0.2, 0.25) is 0 Å². The third-order valence-corrected chi connectivity index (χ3v) is 4.39. The third kappa shape index (κ3) is 4.35. The van der Waals surface area contributed by atoms with E-state index in [1.807, 2.05) is 36.9 Å². The molecule has 0 saturated carbocycles. The number of carbonyl (C=O) groups is 1. The standard InChI is InChI=1S/C18H26N4O3/c1-3-17(23)22-8-7-14(11-22)21-18(19-4-2)20-10-13-5-6-15-16(9-13)25-12-24-15/h5-6,9,14H,3-4,7-8,10-12H2,1-2H3,(H2,19,20,21). The van der Waals surface area contributed by atoms with Crippen LogP contribution in [-0.4, -0.2) is 49.2 Å². The predicted molar refractivity (Wildman–Crippen MR) is 95.8 cm³/mol. The minimum Gasteiger partial charge on any atom is -0.454 e. The third-order valence-electron chi connectivity index (χ3n) is 4.39. The Kier molecular flexibility index (Phi) is 5.63. The van der Waals surface area contributed by atoms with Crippen molar-refractivity contribution in [3.05, 3.63) is 23.8 Å². The lowest BCUT2D eigenvalue weighted by Crippen LogP contribution is -2.45. The first kappa shape index (κ1) is 17.4. The number of amides is 1. The summed E-state index contributed by atoms with van der Waals surface area (Å²) in [6.07, 6.45) is 1.51. The summed E-state index contributed by atoms with van der Waals surface area (Å²) < 4.78 is 10.7. The summed E-state index contributed by atoms with van der Waals surface area (Å²) in [6, 6.07) is 6.12. The van der Waals surface area contributed by atoms with E-state index in [0.717, 1.165) is 49.1 Å². The molecule has 0 aliphatic carbocycles. The molecule has 2 heterocycles. The highest BCUT2D eigenvalue weighted by Gasteiger charge is 2.25. The van der Waals surface area contributed by atoms with Crippen molar-refractivity contribution in [3.63, 3.8) is 0 Å². The molecule has 136 valence electrons. The molecule has 1 atom stereocenters. The lowest BCUT2D eigenvalue weighted by atomic mass is 10.2. The van der Waals surface area contributed by atoms with Gasteiger partial charge in [-0.3, -0.25) is 4.79 Å². The van der Waals surface area contributed by atoms with Gasteiger partial charge in [-0.15, -0.1) is 0 Å². The fourth-order valence-electron chi connectivity index (χ4n) is 3.05. The van der Waals surface area contributed by atoms with Crippen molar-refractivity contribution in [2.75, 3.05) is 26.4 Å². The van der Waals surface area contributed by atoms with Gasteiger partial charge in [-0.25, -0.2) is 4.99 Å². The molecular formula is C18H26N4O3. The lowest BCUT2D eigenvalue weighted by Gasteiger charge is -2.18. The van der Waals surface area contributed by atoms with Crippen LogP contribution in [0.3, 0.4) is 0 Å². The van der Waals surface area contributed by atoms with Crippen LogP contribution >= 0.6 is 0 Å². The van der Waals surface area contributed by atoms with Gasteiger partial charge in [-0.1, -0.05) is 13.0 Å². The molecule has 1 aromatic rings. The molecule has 2 aliphatic heterocycles. The maximum absolute atomic E-state index is 11.8. The summed E-state index contributed by atoms with van der Waals surface area (Å²) in [5.74, 6) is 2.54. The van der Waals surface area contributed by atoms with Crippen LogP contribution in [0.4, 0.5) is 0 Å². The van der Waals surface area contributed by atoms with E-state index >= 15 is 0 Å². The molecule has 1 aromatic carbocycles. The van der Waals surface area contributed by atoms with Gasteiger partial charge in [-0.05, 0) is 31.0 Å². The number of ether oxygens (including phenoxy) is 2. The van der Waals surface area contributed by atoms with Gasteiger partial charge < -0.3 is 25.0 Å². The number of benzene rings is 1. The van der Waals surface area contributed by atoms with Gasteiger partial charge in [0.2, 0.25) is 12.7 Å². The van der Waals surface area contributed by atoms with Crippen LogP contribution in [0.25, 0.3) is 0 Å². The Bertz CT molecular complexity index is 647. The highest BCUT2D eigenvalue weighted by atomic mass is 16.7. The summed E-state index contributed by atoms with van der Waals surface area (Å²) in [5, 5.41) is 6.71. The molecule has 0 radical (unpaired) electrons. The number of aliphatic imine (C=N–C) groups is 1. The van der Waals surface area contributed by atoms with Crippen molar-refractivity contribution < 1.29 is 14.3 Å². The van der Waals surface area contributed by atoms with Gasteiger partial charge in [0.25, 0.3) is 0 Å². The van der Waals surface area contributed by atoms with E-state index in [-0.39, 0.29) is 18.7 Å². The number of guanidine groups is 1. The van der Waals surface area contributed by atoms with Crippen LogP contribution in [0, 0.1) is 0 Å². The molecule has 1 fully saturated rings. The second kappa shape index (κ2) is 8.09. The van der Waals surface area contributed by atoms with E-state index in [0.29, 0.717) is 13.0 Å². The van der Waals surface area contributed by atoms with Crippen molar-refractivity contribution >= 4 is 11.9 Å². The van der Waals surface area contributed by atoms with Crippen LogP contribution in [0.5, 0.6) is 11.5 Å². The Morgan fingerprint density at radius 2 is 2.16 bits per heavy atom. The number of likely N-dealkylation sites (tertiary alicyclic amines) is 1. The zero-order valence-corrected chi connectivity index (χ0v) is 14.9. The highest BCUT2D eigenvalue weighted by Crippen LogP contribution is 2.32. The van der Waals surface area contributed by atoms with Crippen LogP contribution in [0.1, 0.15) is 32.3 Å². The molecule has 1 amide bonds. The molecule has 7 nitrogen and oxygen atoms in total. The largest absolute Gasteiger partial charge is 0.454 e. The number of nitrogens with one attached hydrogen (secondary N) is 2. The number of fused-ring (bicyclic) bond motifs is 1. The van der Waals surface area contributed by atoms with Crippen molar-refractivity contribution in [2.24, 2.45) is 4.99 Å². The topological polar surface area (TPSA) is 75.2 Å². The van der Waals surface area contributed by atoms with Gasteiger partial charge in [0.15, 0.2) is 17.5 Å². The molecule has 25 heavy (non-hydrogen) atoms. The van der Waals surface area contributed by atoms with E-state index in [1.165, 1.54) is 0 Å². The average molecular weight is 346 g/mol. The Labute approximate surface area is 148 Å². The normalized spacial score (nSPS) is 19.2. The van der Waals surface area contributed by atoms with Crippen LogP contribution in [-0.2, 0) is 11.3 Å². The van der Waals surface area contributed by atoms with Crippen molar-refractivity contribution in [1.29, 1.82) is 0 Å². The van der Waals surface area contributed by atoms with Gasteiger partial charge >= 0.3 is 0 Å². The zero-order chi connectivity index (χ0) is 17.6. The number of nitrogens with zero attached hydrogens (tertiary/aromatic N) is 2. The number of hydrogen-bond acceptors (Lipinski definition) is 4. The Hall–Kier alpha value is -2.44. The van der Waals surface area contributed by atoms with Crippen molar-refractivity contribution in [1.82, 2.24) is 15.5 Å². The molecule has 0 spiro atoms. The lowest BCUT2D eigenvalue weighted by molar-refractivity contribution is -0.129. The molecular weight excluding hydrogens is 320 g/mol. The Morgan fingerprint density at radius 3 is 2.96 bits per heavy atom. The Balaban J connectivity index is 1.59. The van der Waals surface area contributed by atoms with E-state index in [1.54, 1.807) is 0 Å². The van der Waals surface area contributed by atoms with Gasteiger partial charge in [-0.2, -0.15) is 0 Å². The monoisotopic (exact) mass is 346 g/mol. The zero-order valence-electron chi connectivity index (χ0n) is 14.9. The summed E-state index contributed by atoms with van der Waals surface area (Å²) in [6.45, 7) is 7.11. The Morgan fingerprint density at radius 1 is 1.32 bits per heavy atom. The van der Waals surface area contributed by atoms with E-state index in [9.17, 15) is 4.79 Å². The van der Waals surface area contributed by atoms with Crippen molar-refractivity contribution in [3.8, 4) is 11.5 Å². The predicted octanol–water partition coefficient (Wildman–Crippen LogP) is 1.48. The number of hydrogen-bond donors (Lipinski definition) is 2. The SMILES string of the molecule is CCNC(=NCc1ccc2c(c1)OCO2)NC1CCN(C(=O)CC)C1. The van der Waals surface area contributed by atoms with Crippen LogP contribution < -0.4 is 20.1 Å². The molecule has 1 unspecified atom stereocenters. The second-order valence-corrected chi connectivity index (χ2v) is 6.21. The number of carbonyl (C=O) groups excluding carboxylic acids is 1. The summed E-state index contributed by atoms with van der Waals surface area (Å²) >= 11 is 0. The summed E-state index contributed by atoms with van der Waals surface area (Å²) in [7, 11) is 0. The molecule has 1 saturated heterocycles. The molecule has 0 bridgehead atoms. The maximum atomic E-state index is 11.8. The average Bonchev–Trinajstić information content (AvgIpc) is 3.28. The quantitative estimate of drug-likeness (QED) is 0.624. The fraction of sp³-hybridized carbons (Fsp3) is 0.556. The first-order valence-corrected chi connectivity index (χ1v) is 8.90. The first-order chi connectivity index (χ1) is 12.2. The van der Waals surface area contributed by atoms with E-state index in [2.05, 4.69) is 15.6 Å². The van der Waals surface area contributed by atoms with E-state index < -0.39 is 0 Å². The van der Waals surface area contributed by atoms with E-state index in [4.69, 9.17) is 9.47 Å². The molecule has 0 aromatic heterocycles. The highest BCUT2D eigenvalue weighted by molar-refractivity contribution is 5.80. The molecule has 3 rings (SSSR count). The summed E-state index contributed by atoms with van der Waals surface area (Å²) in [4.78, 5) is 18.4. The van der Waals surface area contributed by atoms with Crippen molar-refractivity contribution in [2.45, 2.75) is 39.3 Å². The summed E-state index contributed by atoms with van der Waals surface area (Å²) in [5.41, 5.74) is 1.07. The second-order valence-electron chi connectivity index (χ2n) is 6.21. The van der Waals surface area contributed by atoms with Gasteiger partial charge in [0.05, 0.1) is 6.54 Å². The van der Waals surface area contributed by atoms with Gasteiger partial charge in [0.1, 0.15) is 0 Å². The van der Waals surface area contributed by atoms with Gasteiger partial charge in [0, 0.05) is 32.1 Å². The fourth-order valence-corrected chi connectivity index (χ4v) is 3.05. The number of rotatable bonds is 5. The first-order valence-electron chi connectivity index (χ1n) is 8.90.